The summed E-state index contributed by atoms with van der Waals surface area (Å²) in [6, 6.07) is 14.2. The number of amides is 2. The third kappa shape index (κ3) is 3.28. The maximum Gasteiger partial charge on any atom is 0.319 e. The number of benzene rings is 1. The number of carbonyl (C=O) groups is 1. The van der Waals surface area contributed by atoms with Gasteiger partial charge in [-0.1, -0.05) is 24.3 Å². The second-order valence-electron chi connectivity index (χ2n) is 6.92. The van der Waals surface area contributed by atoms with Crippen molar-refractivity contribution in [3.8, 4) is 22.5 Å². The highest BCUT2D eigenvalue weighted by atomic mass is 19.1. The fourth-order valence-electron chi connectivity index (χ4n) is 3.71. The normalized spacial score (nSPS) is 14.1. The minimum absolute atomic E-state index is 0.00784. The lowest BCUT2D eigenvalue weighted by Gasteiger charge is -2.16. The third-order valence-corrected chi connectivity index (χ3v) is 5.10. The molecule has 0 spiro atoms. The van der Waals surface area contributed by atoms with Crippen LogP contribution in [0.2, 0.25) is 0 Å². The Bertz CT molecular complexity index is 1220. The largest absolute Gasteiger partial charge is 0.335 e. The highest BCUT2D eigenvalue weighted by Gasteiger charge is 2.28. The molecule has 2 N–H and O–H groups in total. The molecular weight excluding hydrogens is 383 g/mol. The Balaban J connectivity index is 1.24. The standard InChI is InChI=1S/C22H17FN6O/c23-21-9-14(7-8-25-21)18-6-5-15(10-26-18)28-22(30)27-12-20-17-4-2-1-3-16(17)19-11-24-13-29(19)20/h1-11,13,20H,12H2,(H2,27,28,30). The molecule has 30 heavy (non-hydrogen) atoms. The quantitative estimate of drug-likeness (QED) is 0.509. The number of rotatable bonds is 4. The highest BCUT2D eigenvalue weighted by molar-refractivity contribution is 5.89. The molecule has 0 bridgehead atoms. The van der Waals surface area contributed by atoms with Crippen molar-refractivity contribution in [3.05, 3.63) is 85.0 Å². The van der Waals surface area contributed by atoms with E-state index >= 15 is 0 Å². The van der Waals surface area contributed by atoms with E-state index in [1.165, 1.54) is 18.5 Å². The molecule has 3 aromatic heterocycles. The summed E-state index contributed by atoms with van der Waals surface area (Å²) in [5.74, 6) is -0.564. The summed E-state index contributed by atoms with van der Waals surface area (Å²) in [4.78, 5) is 24.4. The van der Waals surface area contributed by atoms with E-state index in [9.17, 15) is 9.18 Å². The van der Waals surface area contributed by atoms with Crippen LogP contribution in [0.25, 0.3) is 22.5 Å². The minimum atomic E-state index is -0.564. The maximum atomic E-state index is 13.3. The molecule has 4 aromatic rings. The molecule has 1 aliphatic rings. The van der Waals surface area contributed by atoms with E-state index in [4.69, 9.17) is 0 Å². The van der Waals surface area contributed by atoms with E-state index in [1.54, 1.807) is 24.5 Å². The number of aromatic nitrogens is 4. The minimum Gasteiger partial charge on any atom is -0.335 e. The number of urea groups is 1. The summed E-state index contributed by atoms with van der Waals surface area (Å²) in [5, 5.41) is 5.69. The maximum absolute atomic E-state index is 13.3. The molecule has 1 unspecified atom stereocenters. The lowest BCUT2D eigenvalue weighted by Crippen LogP contribution is -2.33. The lowest BCUT2D eigenvalue weighted by molar-refractivity contribution is 0.251. The van der Waals surface area contributed by atoms with E-state index in [1.807, 2.05) is 18.3 Å². The van der Waals surface area contributed by atoms with Crippen LogP contribution < -0.4 is 10.6 Å². The van der Waals surface area contributed by atoms with Crippen molar-refractivity contribution in [2.24, 2.45) is 0 Å². The van der Waals surface area contributed by atoms with Gasteiger partial charge in [-0.15, -0.1) is 0 Å². The zero-order valence-electron chi connectivity index (χ0n) is 15.8. The van der Waals surface area contributed by atoms with Crippen molar-refractivity contribution >= 4 is 11.7 Å². The monoisotopic (exact) mass is 400 g/mol. The number of carbonyl (C=O) groups excluding carboxylic acids is 1. The van der Waals surface area contributed by atoms with Gasteiger partial charge >= 0.3 is 6.03 Å². The number of nitrogens with one attached hydrogen (secondary N) is 2. The van der Waals surface area contributed by atoms with Crippen molar-refractivity contribution in [1.82, 2.24) is 24.8 Å². The summed E-state index contributed by atoms with van der Waals surface area (Å²) in [6.45, 7) is 0.425. The smallest absolute Gasteiger partial charge is 0.319 e. The van der Waals surface area contributed by atoms with Gasteiger partial charge in [0.15, 0.2) is 0 Å². The number of hydrogen-bond acceptors (Lipinski definition) is 4. The van der Waals surface area contributed by atoms with Gasteiger partial charge in [-0.2, -0.15) is 4.39 Å². The second kappa shape index (κ2) is 7.40. The van der Waals surface area contributed by atoms with Gasteiger partial charge < -0.3 is 15.2 Å². The molecule has 7 nitrogen and oxygen atoms in total. The van der Waals surface area contributed by atoms with Gasteiger partial charge in [0.25, 0.3) is 0 Å². The molecule has 5 rings (SSSR count). The van der Waals surface area contributed by atoms with Crippen LogP contribution in [0.1, 0.15) is 11.6 Å². The Kier molecular flexibility index (Phi) is 4.44. The molecular formula is C22H17FN6O. The highest BCUT2D eigenvalue weighted by Crippen LogP contribution is 2.38. The van der Waals surface area contributed by atoms with E-state index in [0.29, 0.717) is 23.5 Å². The number of anilines is 1. The van der Waals surface area contributed by atoms with Crippen molar-refractivity contribution in [2.75, 3.05) is 11.9 Å². The molecule has 0 saturated heterocycles. The molecule has 0 saturated carbocycles. The Morgan fingerprint density at radius 1 is 1.10 bits per heavy atom. The van der Waals surface area contributed by atoms with Gasteiger partial charge in [-0.3, -0.25) is 4.98 Å². The Morgan fingerprint density at radius 3 is 2.83 bits per heavy atom. The predicted octanol–water partition coefficient (Wildman–Crippen LogP) is 3.87. The van der Waals surface area contributed by atoms with Crippen LogP contribution in [0.3, 0.4) is 0 Å². The van der Waals surface area contributed by atoms with Gasteiger partial charge in [0.1, 0.15) is 0 Å². The van der Waals surface area contributed by atoms with Crippen LogP contribution in [0.5, 0.6) is 0 Å². The van der Waals surface area contributed by atoms with E-state index < -0.39 is 5.95 Å². The van der Waals surface area contributed by atoms with Crippen LogP contribution in [-0.2, 0) is 0 Å². The number of imidazole rings is 1. The summed E-state index contributed by atoms with van der Waals surface area (Å²) < 4.78 is 15.3. The van der Waals surface area contributed by atoms with Crippen LogP contribution in [0.4, 0.5) is 14.9 Å². The predicted molar refractivity (Wildman–Crippen MR) is 110 cm³/mol. The van der Waals surface area contributed by atoms with Crippen LogP contribution in [-0.4, -0.2) is 32.1 Å². The number of halogens is 1. The summed E-state index contributed by atoms with van der Waals surface area (Å²) in [7, 11) is 0. The fourth-order valence-corrected chi connectivity index (χ4v) is 3.71. The van der Waals surface area contributed by atoms with Gasteiger partial charge in [0.05, 0.1) is 41.8 Å². The van der Waals surface area contributed by atoms with E-state index in [2.05, 4.69) is 42.3 Å². The third-order valence-electron chi connectivity index (χ3n) is 5.10. The molecule has 2 amide bonds. The number of fused-ring (bicyclic) bond motifs is 3. The zero-order valence-corrected chi connectivity index (χ0v) is 15.8. The number of nitrogens with zero attached hydrogens (tertiary/aromatic N) is 4. The summed E-state index contributed by atoms with van der Waals surface area (Å²) in [5.41, 5.74) is 5.10. The molecule has 0 aliphatic carbocycles. The second-order valence-corrected chi connectivity index (χ2v) is 6.92. The SMILES string of the molecule is O=C(NCC1c2ccccc2-c2cncn21)Nc1ccc(-c2ccnc(F)c2)nc1. The average Bonchev–Trinajstić information content (AvgIpc) is 3.34. The topological polar surface area (TPSA) is 84.7 Å². The fraction of sp³-hybridized carbons (Fsp3) is 0.0909. The molecule has 1 aromatic carbocycles. The van der Waals surface area contributed by atoms with Gasteiger partial charge in [-0.05, 0) is 23.8 Å². The van der Waals surface area contributed by atoms with E-state index in [-0.39, 0.29) is 12.1 Å². The van der Waals surface area contributed by atoms with Crippen LogP contribution in [0, 0.1) is 5.95 Å². The molecule has 0 fully saturated rings. The molecule has 8 heteroatoms. The molecule has 0 radical (unpaired) electrons. The van der Waals surface area contributed by atoms with E-state index in [0.717, 1.165) is 16.8 Å². The van der Waals surface area contributed by atoms with Crippen molar-refractivity contribution in [1.29, 1.82) is 0 Å². The van der Waals surface area contributed by atoms with Crippen molar-refractivity contribution in [2.45, 2.75) is 6.04 Å². The zero-order chi connectivity index (χ0) is 20.5. The summed E-state index contributed by atoms with van der Waals surface area (Å²) >= 11 is 0. The first-order valence-electron chi connectivity index (χ1n) is 9.43. The number of hydrogen-bond donors (Lipinski definition) is 2. The Morgan fingerprint density at radius 2 is 2.00 bits per heavy atom. The molecule has 1 aliphatic heterocycles. The first-order chi connectivity index (χ1) is 14.7. The molecule has 1 atom stereocenters. The van der Waals surface area contributed by atoms with Crippen LogP contribution >= 0.6 is 0 Å². The summed E-state index contributed by atoms with van der Waals surface area (Å²) in [6.07, 6.45) is 6.54. The van der Waals surface area contributed by atoms with Gasteiger partial charge in [-0.25, -0.2) is 14.8 Å². The van der Waals surface area contributed by atoms with Gasteiger partial charge in [0, 0.05) is 29.9 Å². The van der Waals surface area contributed by atoms with Gasteiger partial charge in [0.2, 0.25) is 5.95 Å². The first kappa shape index (κ1) is 18.0. The molecule has 148 valence electrons. The van der Waals surface area contributed by atoms with Crippen molar-refractivity contribution in [3.63, 3.8) is 0 Å². The Labute approximate surface area is 171 Å². The Hall–Kier alpha value is -4.07. The lowest BCUT2D eigenvalue weighted by atomic mass is 10.0. The first-order valence-corrected chi connectivity index (χ1v) is 9.43. The average molecular weight is 400 g/mol. The van der Waals surface area contributed by atoms with Crippen molar-refractivity contribution < 1.29 is 9.18 Å². The number of pyridine rings is 2. The molecule has 4 heterocycles. The van der Waals surface area contributed by atoms with Crippen LogP contribution in [0.15, 0.2) is 73.4 Å².